The molecule has 0 aromatic rings. The second kappa shape index (κ2) is 2.02. The third-order valence-electron chi connectivity index (χ3n) is 2.13. The molecule has 8 heavy (non-hydrogen) atoms. The molecule has 0 radical (unpaired) electrons. The Labute approximate surface area is 59.8 Å². The van der Waals surface area contributed by atoms with Gasteiger partial charge < -0.3 is 0 Å². The van der Waals surface area contributed by atoms with E-state index in [1.54, 1.807) is 0 Å². The Hall–Kier alpha value is 0.480. The Bertz CT molecular complexity index is 86.4. The zero-order chi connectivity index (χ0) is 6.20. The van der Waals surface area contributed by atoms with E-state index < -0.39 is 0 Å². The molecule has 0 unspecified atom stereocenters. The van der Waals surface area contributed by atoms with Gasteiger partial charge in [0.1, 0.15) is 0 Å². The first-order valence-electron chi connectivity index (χ1n) is 3.27. The third-order valence-corrected chi connectivity index (χ3v) is 3.82. The van der Waals surface area contributed by atoms with Crippen LogP contribution in [0.4, 0.5) is 0 Å². The average molecular weight is 177 g/mol. The Morgan fingerprint density at radius 1 is 1.50 bits per heavy atom. The molecule has 1 saturated carbocycles. The minimum atomic E-state index is 0.569. The summed E-state index contributed by atoms with van der Waals surface area (Å²) in [5, 5.41) is 0. The molecule has 0 heterocycles. The first-order chi connectivity index (χ1) is 3.63. The summed E-state index contributed by atoms with van der Waals surface area (Å²) >= 11 is 3.66. The summed E-state index contributed by atoms with van der Waals surface area (Å²) in [5.74, 6) is 0. The SMILES string of the molecule is CC1(C)CCC[C@H]1Br. The summed E-state index contributed by atoms with van der Waals surface area (Å²) in [7, 11) is 0. The first-order valence-corrected chi connectivity index (χ1v) is 4.18. The normalized spacial score (nSPS) is 35.6. The highest BCUT2D eigenvalue weighted by molar-refractivity contribution is 9.09. The highest BCUT2D eigenvalue weighted by atomic mass is 79.9. The molecule has 1 rings (SSSR count). The van der Waals surface area contributed by atoms with Gasteiger partial charge in [0, 0.05) is 4.83 Å². The molecule has 0 aliphatic heterocycles. The first kappa shape index (κ1) is 6.60. The van der Waals surface area contributed by atoms with Gasteiger partial charge in [-0.3, -0.25) is 0 Å². The van der Waals surface area contributed by atoms with Crippen LogP contribution < -0.4 is 0 Å². The molecule has 1 atom stereocenters. The molecule has 1 heteroatoms. The summed E-state index contributed by atoms with van der Waals surface area (Å²) in [5.41, 5.74) is 0.569. The lowest BCUT2D eigenvalue weighted by Gasteiger charge is -2.20. The van der Waals surface area contributed by atoms with E-state index in [1.807, 2.05) is 0 Å². The van der Waals surface area contributed by atoms with E-state index in [0.29, 0.717) is 5.41 Å². The molecule has 0 amide bonds. The van der Waals surface area contributed by atoms with Crippen molar-refractivity contribution in [2.24, 2.45) is 5.41 Å². The van der Waals surface area contributed by atoms with Crippen molar-refractivity contribution in [3.63, 3.8) is 0 Å². The maximum atomic E-state index is 3.66. The molecular formula is C7H13Br. The topological polar surface area (TPSA) is 0 Å². The lowest BCUT2D eigenvalue weighted by atomic mass is 9.92. The third kappa shape index (κ3) is 1.07. The van der Waals surface area contributed by atoms with Gasteiger partial charge in [-0.15, -0.1) is 0 Å². The fourth-order valence-corrected chi connectivity index (χ4v) is 1.84. The Balaban J connectivity index is 2.54. The number of alkyl halides is 1. The van der Waals surface area contributed by atoms with E-state index in [-0.39, 0.29) is 0 Å². The Morgan fingerprint density at radius 2 is 2.12 bits per heavy atom. The highest BCUT2D eigenvalue weighted by Crippen LogP contribution is 2.41. The lowest BCUT2D eigenvalue weighted by molar-refractivity contribution is 0.397. The predicted octanol–water partition coefficient (Wildman–Crippen LogP) is 2.96. The van der Waals surface area contributed by atoms with Crippen LogP contribution in [0.25, 0.3) is 0 Å². The van der Waals surface area contributed by atoms with E-state index in [9.17, 15) is 0 Å². The van der Waals surface area contributed by atoms with Gasteiger partial charge in [-0.25, -0.2) is 0 Å². The Kier molecular flexibility index (Phi) is 1.66. The zero-order valence-corrected chi connectivity index (χ0v) is 7.16. The second-order valence-corrected chi connectivity index (χ2v) is 4.45. The van der Waals surface area contributed by atoms with Gasteiger partial charge in [-0.2, -0.15) is 0 Å². The summed E-state index contributed by atoms with van der Waals surface area (Å²) < 4.78 is 0. The summed E-state index contributed by atoms with van der Waals surface area (Å²) in [6.07, 6.45) is 4.17. The van der Waals surface area contributed by atoms with Crippen LogP contribution in [0.3, 0.4) is 0 Å². The van der Waals surface area contributed by atoms with Crippen LogP contribution in [-0.4, -0.2) is 4.83 Å². The van der Waals surface area contributed by atoms with E-state index in [1.165, 1.54) is 19.3 Å². The molecule has 48 valence electrons. The Morgan fingerprint density at radius 3 is 2.25 bits per heavy atom. The fourth-order valence-electron chi connectivity index (χ4n) is 1.28. The highest BCUT2D eigenvalue weighted by Gasteiger charge is 2.31. The van der Waals surface area contributed by atoms with Crippen molar-refractivity contribution in [2.45, 2.75) is 37.9 Å². The molecule has 0 spiro atoms. The largest absolute Gasteiger partial charge is 0.0885 e. The van der Waals surface area contributed by atoms with Crippen molar-refractivity contribution in [3.8, 4) is 0 Å². The van der Waals surface area contributed by atoms with Gasteiger partial charge in [0.15, 0.2) is 0 Å². The summed E-state index contributed by atoms with van der Waals surface area (Å²) in [4.78, 5) is 0.773. The molecule has 0 N–H and O–H groups in total. The van der Waals surface area contributed by atoms with Crippen LogP contribution in [-0.2, 0) is 0 Å². The van der Waals surface area contributed by atoms with Crippen LogP contribution in [0.5, 0.6) is 0 Å². The average Bonchev–Trinajstić information content (AvgIpc) is 1.86. The number of hydrogen-bond acceptors (Lipinski definition) is 0. The molecule has 0 aromatic heterocycles. The van der Waals surface area contributed by atoms with Gasteiger partial charge in [0.2, 0.25) is 0 Å². The smallest absolute Gasteiger partial charge is 0.0196 e. The quantitative estimate of drug-likeness (QED) is 0.499. The minimum Gasteiger partial charge on any atom is -0.0885 e. The monoisotopic (exact) mass is 176 g/mol. The van der Waals surface area contributed by atoms with Gasteiger partial charge in [-0.05, 0) is 18.3 Å². The predicted molar refractivity (Wildman–Crippen MR) is 40.3 cm³/mol. The molecule has 1 aliphatic rings. The number of rotatable bonds is 0. The summed E-state index contributed by atoms with van der Waals surface area (Å²) in [6.45, 7) is 4.67. The van der Waals surface area contributed by atoms with Crippen molar-refractivity contribution in [3.05, 3.63) is 0 Å². The van der Waals surface area contributed by atoms with Crippen molar-refractivity contribution in [1.29, 1.82) is 0 Å². The van der Waals surface area contributed by atoms with Crippen molar-refractivity contribution in [2.75, 3.05) is 0 Å². The van der Waals surface area contributed by atoms with Crippen molar-refractivity contribution >= 4 is 15.9 Å². The molecule has 0 saturated heterocycles. The summed E-state index contributed by atoms with van der Waals surface area (Å²) in [6, 6.07) is 0. The van der Waals surface area contributed by atoms with Gasteiger partial charge in [0.25, 0.3) is 0 Å². The molecule has 1 fully saturated rings. The molecule has 1 aliphatic carbocycles. The fraction of sp³-hybridized carbons (Fsp3) is 1.00. The van der Waals surface area contributed by atoms with Crippen LogP contribution >= 0.6 is 15.9 Å². The lowest BCUT2D eigenvalue weighted by Crippen LogP contribution is -2.15. The van der Waals surface area contributed by atoms with E-state index in [2.05, 4.69) is 29.8 Å². The van der Waals surface area contributed by atoms with Crippen LogP contribution in [0, 0.1) is 5.41 Å². The van der Waals surface area contributed by atoms with Gasteiger partial charge >= 0.3 is 0 Å². The van der Waals surface area contributed by atoms with Crippen LogP contribution in [0.1, 0.15) is 33.1 Å². The maximum absolute atomic E-state index is 3.66. The van der Waals surface area contributed by atoms with E-state index >= 15 is 0 Å². The molecular weight excluding hydrogens is 164 g/mol. The van der Waals surface area contributed by atoms with Crippen molar-refractivity contribution < 1.29 is 0 Å². The molecule has 0 bridgehead atoms. The van der Waals surface area contributed by atoms with Crippen LogP contribution in [0.15, 0.2) is 0 Å². The standard InChI is InChI=1S/C7H13Br/c1-7(2)5-3-4-6(7)8/h6H,3-5H2,1-2H3/t6-/m1/s1. The maximum Gasteiger partial charge on any atom is 0.0196 e. The van der Waals surface area contributed by atoms with Gasteiger partial charge in [-0.1, -0.05) is 36.2 Å². The second-order valence-electron chi connectivity index (χ2n) is 3.35. The van der Waals surface area contributed by atoms with Crippen LogP contribution in [0.2, 0.25) is 0 Å². The number of halogens is 1. The van der Waals surface area contributed by atoms with E-state index in [0.717, 1.165) is 4.83 Å². The minimum absolute atomic E-state index is 0.569. The molecule has 0 aromatic carbocycles. The molecule has 0 nitrogen and oxygen atoms in total. The van der Waals surface area contributed by atoms with Crippen molar-refractivity contribution in [1.82, 2.24) is 0 Å². The number of hydrogen-bond donors (Lipinski definition) is 0. The zero-order valence-electron chi connectivity index (χ0n) is 5.58. The van der Waals surface area contributed by atoms with Gasteiger partial charge in [0.05, 0.1) is 0 Å². The van der Waals surface area contributed by atoms with E-state index in [4.69, 9.17) is 0 Å².